The summed E-state index contributed by atoms with van der Waals surface area (Å²) in [5.41, 5.74) is 1.79. The zero-order chi connectivity index (χ0) is 13.4. The molecule has 0 fully saturated rings. The molecule has 0 aliphatic rings. The molecule has 0 aromatic heterocycles. The van der Waals surface area contributed by atoms with Gasteiger partial charge in [-0.1, -0.05) is 24.3 Å². The summed E-state index contributed by atoms with van der Waals surface area (Å²) in [4.78, 5) is 14.0. The highest BCUT2D eigenvalue weighted by Gasteiger charge is 2.10. The monoisotopic (exact) mass is 251 g/mol. The fraction of sp³-hybridized carbons (Fsp3) is 0.500. The van der Waals surface area contributed by atoms with E-state index in [0.717, 1.165) is 11.1 Å². The van der Waals surface area contributed by atoms with Crippen molar-refractivity contribution in [2.45, 2.75) is 6.92 Å². The molecular weight excluding hydrogens is 230 g/mol. The van der Waals surface area contributed by atoms with Crippen LogP contribution in [0.15, 0.2) is 24.3 Å². The standard InChI is InChI=1S/C14H21NO3/c1-12-5-3-4-6-13(12)14(17)11-15(2)7-9-18-10-8-16/h3-6,16H,7-11H2,1-2H3. The summed E-state index contributed by atoms with van der Waals surface area (Å²) in [7, 11) is 1.89. The van der Waals surface area contributed by atoms with Gasteiger partial charge in [0.2, 0.25) is 0 Å². The Morgan fingerprint density at radius 3 is 2.72 bits per heavy atom. The van der Waals surface area contributed by atoms with Crippen LogP contribution in [0.4, 0.5) is 0 Å². The largest absolute Gasteiger partial charge is 0.394 e. The average molecular weight is 251 g/mol. The number of ketones is 1. The number of ether oxygens (including phenoxy) is 1. The molecule has 0 radical (unpaired) electrons. The minimum atomic E-state index is 0.0336. The maximum atomic E-state index is 12.0. The predicted octanol–water partition coefficient (Wildman–Crippen LogP) is 1.12. The quantitative estimate of drug-likeness (QED) is 0.555. The fourth-order valence-corrected chi connectivity index (χ4v) is 1.68. The predicted molar refractivity (Wildman–Crippen MR) is 70.9 cm³/mol. The third-order valence-electron chi connectivity index (χ3n) is 2.71. The molecule has 1 aromatic carbocycles. The van der Waals surface area contributed by atoms with E-state index in [1.165, 1.54) is 0 Å². The van der Waals surface area contributed by atoms with Gasteiger partial charge in [0, 0.05) is 12.1 Å². The molecule has 0 bridgehead atoms. The van der Waals surface area contributed by atoms with Gasteiger partial charge in [-0.05, 0) is 19.5 Å². The van der Waals surface area contributed by atoms with Crippen molar-refractivity contribution in [3.05, 3.63) is 35.4 Å². The molecule has 0 aliphatic carbocycles. The maximum Gasteiger partial charge on any atom is 0.177 e. The highest BCUT2D eigenvalue weighted by molar-refractivity contribution is 5.98. The van der Waals surface area contributed by atoms with Crippen LogP contribution in [0.1, 0.15) is 15.9 Å². The maximum absolute atomic E-state index is 12.0. The van der Waals surface area contributed by atoms with E-state index in [2.05, 4.69) is 0 Å². The zero-order valence-corrected chi connectivity index (χ0v) is 11.1. The van der Waals surface area contributed by atoms with Gasteiger partial charge in [0.05, 0.1) is 26.4 Å². The normalized spacial score (nSPS) is 10.9. The van der Waals surface area contributed by atoms with Crippen LogP contribution in [0.25, 0.3) is 0 Å². The number of carbonyl (C=O) groups is 1. The van der Waals surface area contributed by atoms with Crippen molar-refractivity contribution >= 4 is 5.78 Å². The smallest absolute Gasteiger partial charge is 0.177 e. The summed E-state index contributed by atoms with van der Waals surface area (Å²) in [5.74, 6) is 0.123. The van der Waals surface area contributed by atoms with Crippen LogP contribution >= 0.6 is 0 Å². The number of benzene rings is 1. The molecule has 1 N–H and O–H groups in total. The summed E-state index contributed by atoms with van der Waals surface area (Å²) < 4.78 is 5.16. The Hall–Kier alpha value is -1.23. The second-order valence-corrected chi connectivity index (χ2v) is 4.31. The van der Waals surface area contributed by atoms with Crippen molar-refractivity contribution in [2.75, 3.05) is 40.0 Å². The Labute approximate surface area is 108 Å². The van der Waals surface area contributed by atoms with Crippen molar-refractivity contribution in [1.82, 2.24) is 4.90 Å². The zero-order valence-electron chi connectivity index (χ0n) is 11.1. The van der Waals surface area contributed by atoms with Gasteiger partial charge < -0.3 is 9.84 Å². The summed E-state index contributed by atoms with van der Waals surface area (Å²) in [6, 6.07) is 7.61. The fourth-order valence-electron chi connectivity index (χ4n) is 1.68. The Morgan fingerprint density at radius 1 is 1.33 bits per heavy atom. The molecule has 4 heteroatoms. The van der Waals surface area contributed by atoms with E-state index in [9.17, 15) is 4.79 Å². The number of aliphatic hydroxyl groups excluding tert-OH is 1. The number of hydrogen-bond acceptors (Lipinski definition) is 4. The van der Waals surface area contributed by atoms with E-state index < -0.39 is 0 Å². The molecule has 1 aromatic rings. The second-order valence-electron chi connectivity index (χ2n) is 4.31. The van der Waals surface area contributed by atoms with Crippen LogP contribution in [0.5, 0.6) is 0 Å². The van der Waals surface area contributed by atoms with E-state index in [1.54, 1.807) is 0 Å². The van der Waals surface area contributed by atoms with Crippen LogP contribution in [0, 0.1) is 6.92 Å². The lowest BCUT2D eigenvalue weighted by molar-refractivity contribution is 0.0739. The molecule has 18 heavy (non-hydrogen) atoms. The van der Waals surface area contributed by atoms with Crippen molar-refractivity contribution in [3.63, 3.8) is 0 Å². The summed E-state index contributed by atoms with van der Waals surface area (Å²) in [6.07, 6.45) is 0. The summed E-state index contributed by atoms with van der Waals surface area (Å²) in [6.45, 7) is 3.91. The van der Waals surface area contributed by atoms with Crippen molar-refractivity contribution in [2.24, 2.45) is 0 Å². The highest BCUT2D eigenvalue weighted by atomic mass is 16.5. The van der Waals surface area contributed by atoms with Gasteiger partial charge in [-0.25, -0.2) is 0 Å². The molecule has 0 aliphatic heterocycles. The Morgan fingerprint density at radius 2 is 2.06 bits per heavy atom. The first-order valence-electron chi connectivity index (χ1n) is 6.11. The summed E-state index contributed by atoms with van der Waals surface area (Å²) in [5, 5.41) is 8.56. The lowest BCUT2D eigenvalue weighted by atomic mass is 10.0. The number of rotatable bonds is 8. The van der Waals surface area contributed by atoms with E-state index in [4.69, 9.17) is 9.84 Å². The number of aryl methyl sites for hydroxylation is 1. The van der Waals surface area contributed by atoms with Crippen LogP contribution in [0.3, 0.4) is 0 Å². The molecule has 0 atom stereocenters. The number of nitrogens with zero attached hydrogens (tertiary/aromatic N) is 1. The summed E-state index contributed by atoms with van der Waals surface area (Å²) >= 11 is 0. The minimum Gasteiger partial charge on any atom is -0.394 e. The molecule has 0 spiro atoms. The molecule has 100 valence electrons. The number of likely N-dealkylation sites (N-methyl/N-ethyl adjacent to an activating group) is 1. The number of hydrogen-bond donors (Lipinski definition) is 1. The minimum absolute atomic E-state index is 0.0336. The number of carbonyl (C=O) groups excluding carboxylic acids is 1. The number of aliphatic hydroxyl groups is 1. The van der Waals surface area contributed by atoms with Crippen LogP contribution < -0.4 is 0 Å². The highest BCUT2D eigenvalue weighted by Crippen LogP contribution is 2.08. The molecule has 1 rings (SSSR count). The van der Waals surface area contributed by atoms with Gasteiger partial charge in [-0.2, -0.15) is 0 Å². The molecule has 0 saturated heterocycles. The van der Waals surface area contributed by atoms with E-state index >= 15 is 0 Å². The van der Waals surface area contributed by atoms with Crippen molar-refractivity contribution in [3.8, 4) is 0 Å². The van der Waals surface area contributed by atoms with Gasteiger partial charge in [0.25, 0.3) is 0 Å². The SMILES string of the molecule is Cc1ccccc1C(=O)CN(C)CCOCCO. The van der Waals surface area contributed by atoms with Gasteiger partial charge in [0.1, 0.15) is 0 Å². The van der Waals surface area contributed by atoms with Gasteiger partial charge in [-0.3, -0.25) is 9.69 Å². The van der Waals surface area contributed by atoms with Crippen LogP contribution in [0.2, 0.25) is 0 Å². The van der Waals surface area contributed by atoms with E-state index in [0.29, 0.717) is 26.3 Å². The molecule has 0 unspecified atom stereocenters. The molecule has 4 nitrogen and oxygen atoms in total. The third kappa shape index (κ3) is 4.96. The van der Waals surface area contributed by atoms with Crippen molar-refractivity contribution in [1.29, 1.82) is 0 Å². The molecular formula is C14H21NO3. The van der Waals surface area contributed by atoms with Crippen LogP contribution in [-0.4, -0.2) is 55.7 Å². The molecule has 0 amide bonds. The van der Waals surface area contributed by atoms with Gasteiger partial charge in [-0.15, -0.1) is 0 Å². The Kier molecular flexibility index (Phi) is 6.57. The van der Waals surface area contributed by atoms with Gasteiger partial charge in [0.15, 0.2) is 5.78 Å². The van der Waals surface area contributed by atoms with E-state index in [-0.39, 0.29) is 12.4 Å². The molecule has 0 heterocycles. The lowest BCUT2D eigenvalue weighted by Gasteiger charge is -2.16. The Balaban J connectivity index is 2.38. The lowest BCUT2D eigenvalue weighted by Crippen LogP contribution is -2.29. The second kappa shape index (κ2) is 7.97. The molecule has 0 saturated carbocycles. The first-order valence-corrected chi connectivity index (χ1v) is 6.11. The Bertz CT molecular complexity index is 379. The van der Waals surface area contributed by atoms with E-state index in [1.807, 2.05) is 43.1 Å². The average Bonchev–Trinajstić information content (AvgIpc) is 2.35. The first kappa shape index (κ1) is 14.8. The number of Topliss-reactive ketones (excluding diaryl/α,β-unsaturated/α-hetero) is 1. The first-order chi connectivity index (χ1) is 8.65. The van der Waals surface area contributed by atoms with Crippen molar-refractivity contribution < 1.29 is 14.6 Å². The van der Waals surface area contributed by atoms with Crippen LogP contribution in [-0.2, 0) is 4.74 Å². The third-order valence-corrected chi connectivity index (χ3v) is 2.71. The van der Waals surface area contributed by atoms with Gasteiger partial charge >= 0.3 is 0 Å². The topological polar surface area (TPSA) is 49.8 Å².